The third kappa shape index (κ3) is 3.97. The van der Waals surface area contributed by atoms with Crippen LogP contribution in [0.1, 0.15) is 43.1 Å². The molecule has 5 N–H and O–H groups in total. The van der Waals surface area contributed by atoms with Crippen molar-refractivity contribution in [3.8, 4) is 0 Å². The summed E-state index contributed by atoms with van der Waals surface area (Å²) in [7, 11) is 0. The van der Waals surface area contributed by atoms with Gasteiger partial charge in [0.2, 0.25) is 5.95 Å². The fourth-order valence-corrected chi connectivity index (χ4v) is 3.62. The van der Waals surface area contributed by atoms with Crippen molar-refractivity contribution in [2.24, 2.45) is 5.73 Å². The van der Waals surface area contributed by atoms with E-state index in [9.17, 15) is 9.90 Å². The molecule has 0 unspecified atom stereocenters. The van der Waals surface area contributed by atoms with Gasteiger partial charge in [-0.05, 0) is 38.0 Å². The zero-order valence-corrected chi connectivity index (χ0v) is 16.2. The molecule has 0 aliphatic heterocycles. The van der Waals surface area contributed by atoms with E-state index in [0.717, 1.165) is 48.8 Å². The van der Waals surface area contributed by atoms with Crippen LogP contribution in [0.2, 0.25) is 0 Å². The van der Waals surface area contributed by atoms with Crippen molar-refractivity contribution in [1.29, 1.82) is 0 Å². The Morgan fingerprint density at radius 3 is 2.90 bits per heavy atom. The van der Waals surface area contributed by atoms with Crippen molar-refractivity contribution < 1.29 is 9.90 Å². The third-order valence-electron chi connectivity index (χ3n) is 5.17. The average molecular weight is 396 g/mol. The fourth-order valence-electron chi connectivity index (χ4n) is 3.62. The van der Waals surface area contributed by atoms with E-state index in [0.29, 0.717) is 0 Å². The number of fused-ring (bicyclic) bond motifs is 1. The van der Waals surface area contributed by atoms with Crippen LogP contribution in [0.25, 0.3) is 10.9 Å². The molecule has 3 aromatic rings. The van der Waals surface area contributed by atoms with Gasteiger partial charge in [-0.3, -0.25) is 9.48 Å². The van der Waals surface area contributed by atoms with Gasteiger partial charge in [-0.15, -0.1) is 10.2 Å². The number of nitrogens with one attached hydrogen (secondary N) is 2. The number of aliphatic hydroxyl groups is 1. The second-order valence-corrected chi connectivity index (χ2v) is 7.16. The molecule has 0 saturated heterocycles. The third-order valence-corrected chi connectivity index (χ3v) is 5.17. The van der Waals surface area contributed by atoms with Gasteiger partial charge in [-0.2, -0.15) is 10.1 Å². The summed E-state index contributed by atoms with van der Waals surface area (Å²) < 4.78 is 1.88. The predicted molar refractivity (Wildman–Crippen MR) is 109 cm³/mol. The minimum absolute atomic E-state index is 0.0520. The lowest BCUT2D eigenvalue weighted by molar-refractivity contribution is 0.0994. The number of rotatable bonds is 6. The van der Waals surface area contributed by atoms with Crippen LogP contribution in [0.3, 0.4) is 0 Å². The van der Waals surface area contributed by atoms with E-state index in [4.69, 9.17) is 5.73 Å². The lowest BCUT2D eigenvalue weighted by atomic mass is 9.93. The molecule has 1 amide bonds. The van der Waals surface area contributed by atoms with Crippen LogP contribution < -0.4 is 16.4 Å². The summed E-state index contributed by atoms with van der Waals surface area (Å²) in [5.41, 5.74) is 7.08. The van der Waals surface area contributed by atoms with Gasteiger partial charge in [0.05, 0.1) is 23.9 Å². The summed E-state index contributed by atoms with van der Waals surface area (Å²) in [6.45, 7) is 2.76. The van der Waals surface area contributed by atoms with Gasteiger partial charge in [0.25, 0.3) is 5.91 Å². The summed E-state index contributed by atoms with van der Waals surface area (Å²) in [5.74, 6) is -0.276. The van der Waals surface area contributed by atoms with Crippen LogP contribution >= 0.6 is 0 Å². The molecule has 0 spiro atoms. The standard InChI is InChI=1S/C19H24N8O2/c1-2-27-14-9-12(8-7-11(14)10-21-27)22-18-16(17(20)29)25-26-19(24-18)23-13-5-3-4-6-15(13)28/h7-10,13,15,28H,2-6H2,1H3,(H2,20,29)(H2,22,23,24,26)/t13-,15+/m1/s1. The van der Waals surface area contributed by atoms with Crippen molar-refractivity contribution in [2.45, 2.75) is 51.3 Å². The topological polar surface area (TPSA) is 144 Å². The molecule has 1 fully saturated rings. The molecule has 1 aliphatic carbocycles. The van der Waals surface area contributed by atoms with E-state index in [1.807, 2.05) is 29.8 Å². The highest BCUT2D eigenvalue weighted by Crippen LogP contribution is 2.25. The monoisotopic (exact) mass is 396 g/mol. The summed E-state index contributed by atoms with van der Waals surface area (Å²) in [5, 5.41) is 29.7. The quantitative estimate of drug-likeness (QED) is 0.494. The molecule has 10 nitrogen and oxygen atoms in total. The fraction of sp³-hybridized carbons (Fsp3) is 0.421. The van der Waals surface area contributed by atoms with Crippen LogP contribution in [0.4, 0.5) is 17.5 Å². The van der Waals surface area contributed by atoms with Gasteiger partial charge in [0.15, 0.2) is 11.5 Å². The second-order valence-electron chi connectivity index (χ2n) is 7.16. The summed E-state index contributed by atoms with van der Waals surface area (Å²) in [6.07, 6.45) is 4.93. The molecule has 0 bridgehead atoms. The van der Waals surface area contributed by atoms with Crippen molar-refractivity contribution in [3.63, 3.8) is 0 Å². The Morgan fingerprint density at radius 2 is 2.14 bits per heavy atom. The van der Waals surface area contributed by atoms with E-state index in [-0.39, 0.29) is 23.5 Å². The number of anilines is 3. The van der Waals surface area contributed by atoms with Crippen molar-refractivity contribution in [1.82, 2.24) is 25.0 Å². The Labute approximate surface area is 167 Å². The molecule has 10 heteroatoms. The zero-order valence-electron chi connectivity index (χ0n) is 16.2. The van der Waals surface area contributed by atoms with E-state index in [1.165, 1.54) is 0 Å². The van der Waals surface area contributed by atoms with E-state index in [1.54, 1.807) is 6.20 Å². The number of hydrogen-bond donors (Lipinski definition) is 4. The molecule has 2 heterocycles. The van der Waals surface area contributed by atoms with Gasteiger partial charge < -0.3 is 21.5 Å². The maximum Gasteiger partial charge on any atom is 0.273 e. The largest absolute Gasteiger partial charge is 0.391 e. The average Bonchev–Trinajstić information content (AvgIpc) is 3.12. The highest BCUT2D eigenvalue weighted by molar-refractivity contribution is 5.96. The lowest BCUT2D eigenvalue weighted by Crippen LogP contribution is -2.37. The number of nitrogens with two attached hydrogens (primary N) is 1. The Kier molecular flexibility index (Phi) is 5.26. The summed E-state index contributed by atoms with van der Waals surface area (Å²) in [4.78, 5) is 16.2. The SMILES string of the molecule is CCn1ncc2ccc(Nc3nc(N[C@@H]4CCCC[C@@H]4O)nnc3C(N)=O)cc21. The highest BCUT2D eigenvalue weighted by Gasteiger charge is 2.24. The summed E-state index contributed by atoms with van der Waals surface area (Å²) >= 11 is 0. The zero-order chi connectivity index (χ0) is 20.4. The molecule has 2 atom stereocenters. The van der Waals surface area contributed by atoms with Gasteiger partial charge in [-0.25, -0.2) is 0 Å². The van der Waals surface area contributed by atoms with Gasteiger partial charge >= 0.3 is 0 Å². The molecule has 152 valence electrons. The molecular weight excluding hydrogens is 372 g/mol. The Bertz CT molecular complexity index is 1030. The first-order chi connectivity index (χ1) is 14.0. The van der Waals surface area contributed by atoms with Crippen LogP contribution in [0.5, 0.6) is 0 Å². The normalized spacial score (nSPS) is 19.2. The van der Waals surface area contributed by atoms with E-state index in [2.05, 4.69) is 30.9 Å². The Balaban J connectivity index is 1.63. The van der Waals surface area contributed by atoms with Gasteiger partial charge in [0.1, 0.15) is 0 Å². The predicted octanol–water partition coefficient (Wildman–Crippen LogP) is 1.80. The number of aryl methyl sites for hydroxylation is 1. The number of benzene rings is 1. The minimum atomic E-state index is -0.726. The molecule has 0 radical (unpaired) electrons. The number of primary amides is 1. The maximum absolute atomic E-state index is 11.8. The lowest BCUT2D eigenvalue weighted by Gasteiger charge is -2.28. The number of amides is 1. The first-order valence-electron chi connectivity index (χ1n) is 9.77. The van der Waals surface area contributed by atoms with E-state index >= 15 is 0 Å². The second kappa shape index (κ2) is 8.00. The van der Waals surface area contributed by atoms with E-state index < -0.39 is 12.0 Å². The van der Waals surface area contributed by atoms with Crippen molar-refractivity contribution in [3.05, 3.63) is 30.1 Å². The van der Waals surface area contributed by atoms with Crippen molar-refractivity contribution in [2.75, 3.05) is 10.6 Å². The molecule has 2 aromatic heterocycles. The minimum Gasteiger partial charge on any atom is -0.391 e. The number of aliphatic hydroxyl groups excluding tert-OH is 1. The molecule has 4 rings (SSSR count). The number of carbonyl (C=O) groups excluding carboxylic acids is 1. The first-order valence-corrected chi connectivity index (χ1v) is 9.77. The Hall–Kier alpha value is -3.27. The van der Waals surface area contributed by atoms with Crippen LogP contribution in [-0.4, -0.2) is 48.1 Å². The van der Waals surface area contributed by atoms with Crippen molar-refractivity contribution >= 4 is 34.3 Å². The number of nitrogens with zero attached hydrogens (tertiary/aromatic N) is 5. The molecule has 1 aliphatic rings. The molecular formula is C19H24N8O2. The van der Waals surface area contributed by atoms with Gasteiger partial charge in [0, 0.05) is 17.6 Å². The smallest absolute Gasteiger partial charge is 0.273 e. The molecule has 1 saturated carbocycles. The van der Waals surface area contributed by atoms with Crippen LogP contribution in [0, 0.1) is 0 Å². The van der Waals surface area contributed by atoms with Crippen LogP contribution in [-0.2, 0) is 6.54 Å². The number of aromatic nitrogens is 5. The van der Waals surface area contributed by atoms with Gasteiger partial charge in [-0.1, -0.05) is 12.8 Å². The molecule has 1 aromatic carbocycles. The maximum atomic E-state index is 11.8. The number of carbonyl (C=O) groups is 1. The summed E-state index contributed by atoms with van der Waals surface area (Å²) in [6, 6.07) is 5.59. The Morgan fingerprint density at radius 1 is 1.31 bits per heavy atom. The van der Waals surface area contributed by atoms with Crippen LogP contribution in [0.15, 0.2) is 24.4 Å². The highest BCUT2D eigenvalue weighted by atomic mass is 16.3. The molecule has 29 heavy (non-hydrogen) atoms. The number of hydrogen-bond acceptors (Lipinski definition) is 8. The first kappa shape index (κ1) is 19.1.